The molecule has 0 aliphatic heterocycles. The molecule has 3 saturated carbocycles. The van der Waals surface area contributed by atoms with Crippen LogP contribution in [0.1, 0.15) is 39.0 Å². The number of ketones is 1. The average molecular weight is 311 g/mol. The number of carbonyl (C=O) groups is 1. The van der Waals surface area contributed by atoms with E-state index in [-0.39, 0.29) is 0 Å². The van der Waals surface area contributed by atoms with E-state index in [1.54, 1.807) is 19.3 Å². The zero-order valence-corrected chi connectivity index (χ0v) is 13.3. The Morgan fingerprint density at radius 2 is 2.09 bits per heavy atom. The van der Waals surface area contributed by atoms with Gasteiger partial charge in [0.1, 0.15) is 11.5 Å². The molecule has 0 atom stereocenters. The van der Waals surface area contributed by atoms with E-state index in [0.717, 1.165) is 36.6 Å². The lowest BCUT2D eigenvalue weighted by Crippen LogP contribution is -2.64. The molecule has 0 saturated heterocycles. The first kappa shape index (κ1) is 14.4. The summed E-state index contributed by atoms with van der Waals surface area (Å²) in [5, 5.41) is 6.83. The molecule has 0 unspecified atom stereocenters. The molecule has 5 rings (SSSR count). The average Bonchev–Trinajstić information content (AvgIpc) is 2.98. The van der Waals surface area contributed by atoms with Crippen LogP contribution in [0.5, 0.6) is 5.75 Å². The lowest BCUT2D eigenvalue weighted by Gasteiger charge is -2.71. The van der Waals surface area contributed by atoms with Crippen LogP contribution in [0.25, 0.3) is 11.4 Å². The van der Waals surface area contributed by atoms with Gasteiger partial charge in [-0.15, -0.1) is 0 Å². The maximum Gasteiger partial charge on any atom is 0.137 e. The SMILES string of the molecule is CC(=O)CCC12CC(COc3ccc(-c4ccn[nH]4)nc3)(C1)C2. The van der Waals surface area contributed by atoms with Crippen molar-refractivity contribution in [3.8, 4) is 17.1 Å². The van der Waals surface area contributed by atoms with Crippen LogP contribution in [0.4, 0.5) is 0 Å². The first-order valence-corrected chi connectivity index (χ1v) is 8.16. The summed E-state index contributed by atoms with van der Waals surface area (Å²) in [5.74, 6) is 1.12. The van der Waals surface area contributed by atoms with Gasteiger partial charge in [0.15, 0.2) is 0 Å². The molecule has 5 nitrogen and oxygen atoms in total. The number of ether oxygens (including phenoxy) is 1. The second-order valence-corrected chi connectivity index (χ2v) is 7.37. The molecule has 0 amide bonds. The van der Waals surface area contributed by atoms with Gasteiger partial charge in [0.25, 0.3) is 0 Å². The van der Waals surface area contributed by atoms with Crippen molar-refractivity contribution >= 4 is 5.78 Å². The highest BCUT2D eigenvalue weighted by Gasteiger charge is 2.67. The Morgan fingerprint density at radius 3 is 2.70 bits per heavy atom. The van der Waals surface area contributed by atoms with Gasteiger partial charge in [0.05, 0.1) is 24.2 Å². The van der Waals surface area contributed by atoms with E-state index in [1.807, 2.05) is 18.2 Å². The van der Waals surface area contributed by atoms with Crippen LogP contribution in [0, 0.1) is 10.8 Å². The van der Waals surface area contributed by atoms with Crippen molar-refractivity contribution in [3.63, 3.8) is 0 Å². The van der Waals surface area contributed by atoms with Gasteiger partial charge in [0.2, 0.25) is 0 Å². The standard InChI is InChI=1S/C18H21N3O2/c1-13(22)4-6-17-9-18(10-17,11-17)12-23-14-2-3-15(19-8-14)16-5-7-20-21-16/h2-3,5,7-8H,4,6,9-12H2,1H3,(H,20,21). The van der Waals surface area contributed by atoms with E-state index >= 15 is 0 Å². The van der Waals surface area contributed by atoms with Gasteiger partial charge in [0, 0.05) is 18.0 Å². The number of aromatic amines is 1. The van der Waals surface area contributed by atoms with E-state index in [2.05, 4.69) is 15.2 Å². The number of pyridine rings is 1. The fourth-order valence-electron chi connectivity index (χ4n) is 4.35. The highest BCUT2D eigenvalue weighted by molar-refractivity contribution is 5.75. The molecule has 2 bridgehead atoms. The Morgan fingerprint density at radius 1 is 1.26 bits per heavy atom. The van der Waals surface area contributed by atoms with Crippen molar-refractivity contribution < 1.29 is 9.53 Å². The molecule has 0 spiro atoms. The van der Waals surface area contributed by atoms with Crippen LogP contribution in [0.2, 0.25) is 0 Å². The molecular formula is C18H21N3O2. The smallest absolute Gasteiger partial charge is 0.137 e. The number of Topliss-reactive ketones (excluding diaryl/α,β-unsaturated/α-hetero) is 1. The molecule has 2 heterocycles. The lowest BCUT2D eigenvalue weighted by atomic mass is 9.34. The van der Waals surface area contributed by atoms with Crippen molar-refractivity contribution in [3.05, 3.63) is 30.6 Å². The van der Waals surface area contributed by atoms with E-state index in [0.29, 0.717) is 16.6 Å². The maximum absolute atomic E-state index is 11.1. The molecule has 5 heteroatoms. The number of aromatic nitrogens is 3. The zero-order chi connectivity index (χ0) is 15.9. The second kappa shape index (κ2) is 5.18. The molecule has 0 aromatic carbocycles. The fraction of sp³-hybridized carbons (Fsp3) is 0.500. The molecule has 1 N–H and O–H groups in total. The Bertz CT molecular complexity index is 687. The van der Waals surface area contributed by atoms with Crippen LogP contribution < -0.4 is 4.74 Å². The summed E-state index contributed by atoms with van der Waals surface area (Å²) in [7, 11) is 0. The molecule has 3 aliphatic rings. The first-order chi connectivity index (χ1) is 11.1. The Kier molecular flexibility index (Phi) is 3.25. The number of rotatable bonds is 7. The molecule has 3 fully saturated rings. The molecule has 23 heavy (non-hydrogen) atoms. The third kappa shape index (κ3) is 2.64. The minimum absolute atomic E-state index is 0.309. The molecule has 0 radical (unpaired) electrons. The largest absolute Gasteiger partial charge is 0.491 e. The van der Waals surface area contributed by atoms with E-state index in [4.69, 9.17) is 4.74 Å². The van der Waals surface area contributed by atoms with Crippen LogP contribution in [-0.2, 0) is 4.79 Å². The summed E-state index contributed by atoms with van der Waals surface area (Å²) in [6.45, 7) is 2.45. The number of hydrogen-bond donors (Lipinski definition) is 1. The minimum Gasteiger partial charge on any atom is -0.491 e. The summed E-state index contributed by atoms with van der Waals surface area (Å²) in [4.78, 5) is 15.5. The summed E-state index contributed by atoms with van der Waals surface area (Å²) in [6.07, 6.45) is 8.92. The second-order valence-electron chi connectivity index (χ2n) is 7.37. The number of nitrogens with zero attached hydrogens (tertiary/aromatic N) is 2. The van der Waals surface area contributed by atoms with Gasteiger partial charge < -0.3 is 9.53 Å². The third-order valence-electron chi connectivity index (χ3n) is 5.32. The number of carbonyl (C=O) groups excluding carboxylic acids is 1. The van der Waals surface area contributed by atoms with Gasteiger partial charge in [-0.05, 0) is 56.2 Å². The fourth-order valence-corrected chi connectivity index (χ4v) is 4.35. The predicted octanol–water partition coefficient (Wildman–Crippen LogP) is 3.39. The lowest BCUT2D eigenvalue weighted by molar-refractivity contribution is -0.222. The van der Waals surface area contributed by atoms with E-state index < -0.39 is 0 Å². The first-order valence-electron chi connectivity index (χ1n) is 8.16. The topological polar surface area (TPSA) is 67.9 Å². The molecule has 120 valence electrons. The van der Waals surface area contributed by atoms with Crippen molar-refractivity contribution in [1.29, 1.82) is 0 Å². The van der Waals surface area contributed by atoms with Crippen molar-refractivity contribution in [2.24, 2.45) is 10.8 Å². The van der Waals surface area contributed by atoms with Crippen molar-refractivity contribution in [2.75, 3.05) is 6.61 Å². The van der Waals surface area contributed by atoms with Gasteiger partial charge in [-0.1, -0.05) is 0 Å². The van der Waals surface area contributed by atoms with Crippen molar-refractivity contribution in [1.82, 2.24) is 15.2 Å². The summed E-state index contributed by atoms with van der Waals surface area (Å²) < 4.78 is 5.94. The van der Waals surface area contributed by atoms with Crippen LogP contribution in [0.3, 0.4) is 0 Å². The number of nitrogens with one attached hydrogen (secondary N) is 1. The van der Waals surface area contributed by atoms with Crippen LogP contribution in [-0.4, -0.2) is 27.6 Å². The van der Waals surface area contributed by atoms with Crippen LogP contribution in [0.15, 0.2) is 30.6 Å². The van der Waals surface area contributed by atoms with Crippen molar-refractivity contribution in [2.45, 2.75) is 39.0 Å². The minimum atomic E-state index is 0.309. The summed E-state index contributed by atoms with van der Waals surface area (Å²) >= 11 is 0. The Balaban J connectivity index is 1.28. The van der Waals surface area contributed by atoms with Gasteiger partial charge in [-0.3, -0.25) is 10.1 Å². The normalized spacial score (nSPS) is 27.9. The highest BCUT2D eigenvalue weighted by atomic mass is 16.5. The molecular weight excluding hydrogens is 290 g/mol. The quantitative estimate of drug-likeness (QED) is 0.851. The van der Waals surface area contributed by atoms with Gasteiger partial charge in [-0.2, -0.15) is 5.10 Å². The third-order valence-corrected chi connectivity index (χ3v) is 5.32. The number of hydrogen-bond acceptors (Lipinski definition) is 4. The highest BCUT2D eigenvalue weighted by Crippen LogP contribution is 2.75. The maximum atomic E-state index is 11.1. The zero-order valence-electron chi connectivity index (χ0n) is 13.3. The van der Waals surface area contributed by atoms with E-state index in [9.17, 15) is 4.79 Å². The molecule has 2 aromatic rings. The van der Waals surface area contributed by atoms with Gasteiger partial charge in [-0.25, -0.2) is 0 Å². The molecule has 2 aromatic heterocycles. The van der Waals surface area contributed by atoms with E-state index in [1.165, 1.54) is 19.3 Å². The summed E-state index contributed by atoms with van der Waals surface area (Å²) in [5.41, 5.74) is 2.59. The predicted molar refractivity (Wildman–Crippen MR) is 85.9 cm³/mol. The molecule has 3 aliphatic carbocycles. The van der Waals surface area contributed by atoms with Gasteiger partial charge >= 0.3 is 0 Å². The number of H-pyrrole nitrogens is 1. The Hall–Kier alpha value is -2.17. The monoisotopic (exact) mass is 311 g/mol. The Labute approximate surface area is 135 Å². The van der Waals surface area contributed by atoms with Crippen LogP contribution >= 0.6 is 0 Å². The summed E-state index contributed by atoms with van der Waals surface area (Å²) in [6, 6.07) is 5.80.